The number of nitrogens with one attached hydrogen (secondary N) is 1. The number of halogens is 1. The first kappa shape index (κ1) is 16.1. The number of hydrazine groups is 1. The number of aliphatic imine (C=N–C) groups is 1. The highest BCUT2D eigenvalue weighted by molar-refractivity contribution is 6.30. The van der Waals surface area contributed by atoms with E-state index in [2.05, 4.69) is 10.4 Å². The van der Waals surface area contributed by atoms with Crippen LogP contribution >= 0.6 is 11.6 Å². The second-order valence-corrected chi connectivity index (χ2v) is 5.65. The minimum absolute atomic E-state index is 0.00534. The molecule has 1 unspecified atom stereocenters. The first-order valence-electron chi connectivity index (χ1n) is 7.24. The predicted molar refractivity (Wildman–Crippen MR) is 92.2 cm³/mol. The second-order valence-electron chi connectivity index (χ2n) is 5.21. The van der Waals surface area contributed by atoms with Gasteiger partial charge in [0.25, 0.3) is 0 Å². The average Bonchev–Trinajstić information content (AvgIpc) is 2.95. The number of rotatable bonds is 4. The number of carbonyl (C=O) groups is 1. The van der Waals surface area contributed by atoms with Crippen molar-refractivity contribution in [3.8, 4) is 6.19 Å². The molecule has 1 amide bonds. The van der Waals surface area contributed by atoms with E-state index in [1.807, 2.05) is 30.5 Å². The van der Waals surface area contributed by atoms with E-state index in [0.717, 1.165) is 16.0 Å². The Hall–Kier alpha value is -2.72. The number of nitrogens with zero attached hydrogens (tertiary/aromatic N) is 3. The third-order valence-corrected chi connectivity index (χ3v) is 4.01. The molecule has 24 heavy (non-hydrogen) atoms. The molecule has 120 valence electrons. The number of hydrogen-bond donors (Lipinski definition) is 2. The summed E-state index contributed by atoms with van der Waals surface area (Å²) in [7, 11) is 0. The summed E-state index contributed by atoms with van der Waals surface area (Å²) in [4.78, 5) is 18.0. The highest BCUT2D eigenvalue weighted by atomic mass is 35.5. The van der Waals surface area contributed by atoms with Gasteiger partial charge in [0, 0.05) is 16.1 Å². The average molecular weight is 340 g/mol. The molecule has 1 heterocycles. The van der Waals surface area contributed by atoms with Crippen molar-refractivity contribution in [3.05, 3.63) is 64.7 Å². The molecule has 0 radical (unpaired) electrons. The molecule has 6 nitrogen and oxygen atoms in total. The Morgan fingerprint density at radius 3 is 2.67 bits per heavy atom. The lowest BCUT2D eigenvalue weighted by Crippen LogP contribution is -2.27. The van der Waals surface area contributed by atoms with Crippen LogP contribution in [0.25, 0.3) is 0 Å². The molecule has 0 aliphatic carbocycles. The minimum Gasteiger partial charge on any atom is -0.273 e. The normalized spacial score (nSPS) is 15.4. The number of carbonyl (C=O) groups excluding carboxylic acids is 1. The molecule has 0 aromatic heterocycles. The van der Waals surface area contributed by atoms with Crippen LogP contribution in [0.1, 0.15) is 23.7 Å². The highest BCUT2D eigenvalue weighted by Gasteiger charge is 2.27. The maximum atomic E-state index is 12.6. The first-order chi connectivity index (χ1) is 11.6. The van der Waals surface area contributed by atoms with Crippen LogP contribution in [-0.2, 0) is 4.79 Å². The molecule has 0 fully saturated rings. The molecule has 0 bridgehead atoms. The summed E-state index contributed by atoms with van der Waals surface area (Å²) in [5, 5.41) is 9.87. The van der Waals surface area contributed by atoms with Crippen LogP contribution in [-0.4, -0.2) is 11.6 Å². The number of anilines is 1. The maximum absolute atomic E-state index is 12.6. The van der Waals surface area contributed by atoms with Crippen molar-refractivity contribution < 1.29 is 4.79 Å². The molecule has 2 aromatic carbocycles. The molecule has 0 saturated carbocycles. The van der Waals surface area contributed by atoms with E-state index in [1.54, 1.807) is 24.3 Å². The molecule has 2 aromatic rings. The summed E-state index contributed by atoms with van der Waals surface area (Å²) in [6, 6.07) is 14.1. The van der Waals surface area contributed by atoms with Crippen LogP contribution in [0, 0.1) is 11.5 Å². The monoisotopic (exact) mass is 339 g/mol. The van der Waals surface area contributed by atoms with Crippen molar-refractivity contribution in [1.82, 2.24) is 5.43 Å². The summed E-state index contributed by atoms with van der Waals surface area (Å²) in [6.07, 6.45) is 1.53. The number of benzene rings is 2. The lowest BCUT2D eigenvalue weighted by Gasteiger charge is -2.14. The van der Waals surface area contributed by atoms with Crippen LogP contribution in [0.5, 0.6) is 0 Å². The summed E-state index contributed by atoms with van der Waals surface area (Å²) in [6.45, 7) is 0. The van der Waals surface area contributed by atoms with Gasteiger partial charge in [-0.25, -0.2) is 10.3 Å². The van der Waals surface area contributed by atoms with E-state index in [9.17, 15) is 10.1 Å². The molecule has 1 aliphatic heterocycles. The SMILES string of the molecule is N#CN(C(=O)CC1=NC(NN)c2ccccc21)c1ccc(Cl)cc1. The Kier molecular flexibility index (Phi) is 4.58. The number of hydrogen-bond acceptors (Lipinski definition) is 5. The first-order valence-corrected chi connectivity index (χ1v) is 7.62. The molecule has 7 heteroatoms. The van der Waals surface area contributed by atoms with Gasteiger partial charge >= 0.3 is 0 Å². The topological polar surface area (TPSA) is 94.5 Å². The van der Waals surface area contributed by atoms with Gasteiger partial charge in [-0.3, -0.25) is 15.6 Å². The Labute approximate surface area is 144 Å². The minimum atomic E-state index is -0.380. The van der Waals surface area contributed by atoms with Crippen LogP contribution in [0.2, 0.25) is 5.02 Å². The Morgan fingerprint density at radius 2 is 2.00 bits per heavy atom. The standard InChI is InChI=1S/C17H14ClN5O/c18-11-5-7-12(8-6-11)23(10-19)16(24)9-15-13-3-1-2-4-14(13)17(21-15)22-20/h1-8,17,22H,9,20H2. The summed E-state index contributed by atoms with van der Waals surface area (Å²) >= 11 is 5.84. The molecule has 3 N–H and O–H groups in total. The van der Waals surface area contributed by atoms with Crippen LogP contribution in [0.3, 0.4) is 0 Å². The zero-order valence-corrected chi connectivity index (χ0v) is 13.4. The van der Waals surface area contributed by atoms with E-state index < -0.39 is 0 Å². The quantitative estimate of drug-likeness (QED) is 0.387. The third kappa shape index (κ3) is 3.01. The molecular formula is C17H14ClN5O. The molecule has 1 atom stereocenters. The second kappa shape index (κ2) is 6.81. The van der Waals surface area contributed by atoms with E-state index >= 15 is 0 Å². The number of fused-ring (bicyclic) bond motifs is 1. The smallest absolute Gasteiger partial charge is 0.246 e. The van der Waals surface area contributed by atoms with Gasteiger partial charge in [-0.2, -0.15) is 5.26 Å². The molecule has 0 saturated heterocycles. The maximum Gasteiger partial charge on any atom is 0.246 e. The van der Waals surface area contributed by atoms with E-state index in [-0.39, 0.29) is 18.5 Å². The van der Waals surface area contributed by atoms with Crippen molar-refractivity contribution in [2.75, 3.05) is 4.90 Å². The Bertz CT molecular complexity index is 841. The Balaban J connectivity index is 1.84. The van der Waals surface area contributed by atoms with Crippen molar-refractivity contribution >= 4 is 28.9 Å². The third-order valence-electron chi connectivity index (χ3n) is 3.76. The fraction of sp³-hybridized carbons (Fsp3) is 0.118. The van der Waals surface area contributed by atoms with Gasteiger partial charge in [0.15, 0.2) is 6.19 Å². The van der Waals surface area contributed by atoms with Crippen LogP contribution in [0.15, 0.2) is 53.5 Å². The number of amides is 1. The highest BCUT2D eigenvalue weighted by Crippen LogP contribution is 2.28. The molecule has 0 spiro atoms. The van der Waals surface area contributed by atoms with Crippen LogP contribution in [0.4, 0.5) is 5.69 Å². The van der Waals surface area contributed by atoms with Gasteiger partial charge in [-0.1, -0.05) is 35.9 Å². The van der Waals surface area contributed by atoms with E-state index in [0.29, 0.717) is 16.4 Å². The fourth-order valence-corrected chi connectivity index (χ4v) is 2.76. The van der Waals surface area contributed by atoms with Crippen LogP contribution < -0.4 is 16.2 Å². The molecule has 3 rings (SSSR count). The van der Waals surface area contributed by atoms with Crippen molar-refractivity contribution in [2.45, 2.75) is 12.6 Å². The zero-order valence-electron chi connectivity index (χ0n) is 12.6. The summed E-state index contributed by atoms with van der Waals surface area (Å²) in [5.41, 5.74) is 5.46. The van der Waals surface area contributed by atoms with Crippen molar-refractivity contribution in [3.63, 3.8) is 0 Å². The predicted octanol–water partition coefficient (Wildman–Crippen LogP) is 2.51. The largest absolute Gasteiger partial charge is 0.273 e. The number of nitrogens with two attached hydrogens (primary N) is 1. The van der Waals surface area contributed by atoms with Gasteiger partial charge < -0.3 is 0 Å². The number of nitriles is 1. The van der Waals surface area contributed by atoms with E-state index in [4.69, 9.17) is 17.4 Å². The van der Waals surface area contributed by atoms with Gasteiger partial charge in [0.05, 0.1) is 17.8 Å². The fourth-order valence-electron chi connectivity index (χ4n) is 2.63. The Morgan fingerprint density at radius 1 is 1.29 bits per heavy atom. The lowest BCUT2D eigenvalue weighted by molar-refractivity contribution is -0.116. The van der Waals surface area contributed by atoms with Gasteiger partial charge in [0.1, 0.15) is 6.17 Å². The summed E-state index contributed by atoms with van der Waals surface area (Å²) in [5.74, 6) is 5.15. The van der Waals surface area contributed by atoms with Crippen molar-refractivity contribution in [2.24, 2.45) is 10.8 Å². The summed E-state index contributed by atoms with van der Waals surface area (Å²) < 4.78 is 0. The van der Waals surface area contributed by atoms with Crippen molar-refractivity contribution in [1.29, 1.82) is 5.26 Å². The van der Waals surface area contributed by atoms with Gasteiger partial charge in [0.2, 0.25) is 5.91 Å². The van der Waals surface area contributed by atoms with Gasteiger partial charge in [-0.05, 0) is 24.3 Å². The van der Waals surface area contributed by atoms with E-state index in [1.165, 1.54) is 0 Å². The zero-order chi connectivity index (χ0) is 17.1. The molecular weight excluding hydrogens is 326 g/mol. The van der Waals surface area contributed by atoms with Gasteiger partial charge in [-0.15, -0.1) is 0 Å². The molecule has 1 aliphatic rings. The lowest BCUT2D eigenvalue weighted by atomic mass is 10.0.